The number of hydrogen-bond acceptors (Lipinski definition) is 2. The lowest BCUT2D eigenvalue weighted by Crippen LogP contribution is -2.46. The van der Waals surface area contributed by atoms with Crippen molar-refractivity contribution in [2.75, 3.05) is 13.2 Å². The van der Waals surface area contributed by atoms with Crippen molar-refractivity contribution in [3.63, 3.8) is 0 Å². The van der Waals surface area contributed by atoms with Crippen molar-refractivity contribution in [1.29, 1.82) is 0 Å². The van der Waals surface area contributed by atoms with E-state index in [-0.39, 0.29) is 11.5 Å². The van der Waals surface area contributed by atoms with Gasteiger partial charge in [-0.25, -0.2) is 0 Å². The van der Waals surface area contributed by atoms with Gasteiger partial charge in [0.25, 0.3) is 0 Å². The van der Waals surface area contributed by atoms with E-state index in [1.165, 1.54) is 12.0 Å². The quantitative estimate of drug-likeness (QED) is 0.900. The summed E-state index contributed by atoms with van der Waals surface area (Å²) >= 11 is 0. The first-order valence-corrected chi connectivity index (χ1v) is 7.63. The maximum absolute atomic E-state index is 10.8. The second kappa shape index (κ2) is 5.64. The first kappa shape index (κ1) is 13.1. The van der Waals surface area contributed by atoms with E-state index in [4.69, 9.17) is 4.74 Å². The molecule has 0 aromatic heterocycles. The van der Waals surface area contributed by atoms with Gasteiger partial charge in [0.2, 0.25) is 0 Å². The summed E-state index contributed by atoms with van der Waals surface area (Å²) in [5.41, 5.74) is 1.38. The summed E-state index contributed by atoms with van der Waals surface area (Å²) in [7, 11) is 0. The number of rotatable bonds is 4. The molecule has 2 fully saturated rings. The normalized spacial score (nSPS) is 24.7. The van der Waals surface area contributed by atoms with Crippen molar-refractivity contribution in [2.24, 2.45) is 5.92 Å². The van der Waals surface area contributed by atoms with Crippen LogP contribution in [-0.4, -0.2) is 24.4 Å². The van der Waals surface area contributed by atoms with Crippen LogP contribution in [0.3, 0.4) is 0 Å². The zero-order chi connectivity index (χ0) is 13.1. The summed E-state index contributed by atoms with van der Waals surface area (Å²) in [6, 6.07) is 10.6. The molecule has 0 amide bonds. The molecule has 0 bridgehead atoms. The highest BCUT2D eigenvalue weighted by Crippen LogP contribution is 2.48. The van der Waals surface area contributed by atoms with E-state index in [9.17, 15) is 5.11 Å². The van der Waals surface area contributed by atoms with Crippen LogP contribution >= 0.6 is 0 Å². The lowest BCUT2D eigenvalue weighted by molar-refractivity contribution is -0.00979. The summed E-state index contributed by atoms with van der Waals surface area (Å²) in [5.74, 6) is 0.643. The fraction of sp³-hybridized carbons (Fsp3) is 0.647. The molecule has 0 spiro atoms. The minimum atomic E-state index is -0.188. The topological polar surface area (TPSA) is 29.5 Å². The van der Waals surface area contributed by atoms with Gasteiger partial charge in [0.05, 0.1) is 6.10 Å². The number of hydrogen-bond donors (Lipinski definition) is 1. The van der Waals surface area contributed by atoms with Crippen molar-refractivity contribution >= 4 is 0 Å². The molecule has 2 heteroatoms. The molecule has 1 atom stereocenters. The van der Waals surface area contributed by atoms with Crippen molar-refractivity contribution in [3.05, 3.63) is 35.9 Å². The molecular formula is C17H24O2. The predicted molar refractivity (Wildman–Crippen MR) is 76.1 cm³/mol. The average molecular weight is 260 g/mol. The Labute approximate surface area is 115 Å². The van der Waals surface area contributed by atoms with E-state index >= 15 is 0 Å². The molecule has 1 aliphatic carbocycles. The van der Waals surface area contributed by atoms with Gasteiger partial charge in [0.15, 0.2) is 0 Å². The third-order valence-electron chi connectivity index (χ3n) is 5.13. The standard InChI is InChI=1S/C17H24O2/c18-16(13-14-7-11-19-12-8-14)17(9-4-10-17)15-5-2-1-3-6-15/h1-3,5-6,14,16,18H,4,7-13H2. The Morgan fingerprint density at radius 2 is 1.84 bits per heavy atom. The third kappa shape index (κ3) is 2.56. The van der Waals surface area contributed by atoms with Gasteiger partial charge >= 0.3 is 0 Å². The van der Waals surface area contributed by atoms with Crippen LogP contribution in [-0.2, 0) is 10.2 Å². The van der Waals surface area contributed by atoms with E-state index in [0.717, 1.165) is 45.3 Å². The van der Waals surface area contributed by atoms with Crippen LogP contribution in [0.5, 0.6) is 0 Å². The van der Waals surface area contributed by atoms with Crippen LogP contribution in [0.4, 0.5) is 0 Å². The van der Waals surface area contributed by atoms with Crippen molar-refractivity contribution in [1.82, 2.24) is 0 Å². The number of ether oxygens (including phenoxy) is 1. The highest BCUT2D eigenvalue weighted by atomic mass is 16.5. The lowest BCUT2D eigenvalue weighted by atomic mass is 9.59. The van der Waals surface area contributed by atoms with Crippen LogP contribution in [0, 0.1) is 5.92 Å². The molecule has 1 aliphatic heterocycles. The van der Waals surface area contributed by atoms with Crippen LogP contribution in [0.25, 0.3) is 0 Å². The Morgan fingerprint density at radius 1 is 1.16 bits per heavy atom. The van der Waals surface area contributed by atoms with Gasteiger partial charge in [-0.3, -0.25) is 0 Å². The maximum atomic E-state index is 10.8. The monoisotopic (exact) mass is 260 g/mol. The number of aliphatic hydroxyl groups excluding tert-OH is 1. The summed E-state index contributed by atoms with van der Waals surface area (Å²) < 4.78 is 5.41. The smallest absolute Gasteiger partial charge is 0.0639 e. The zero-order valence-corrected chi connectivity index (χ0v) is 11.6. The minimum Gasteiger partial charge on any atom is -0.392 e. The van der Waals surface area contributed by atoms with Crippen molar-refractivity contribution in [3.8, 4) is 0 Å². The summed E-state index contributed by atoms with van der Waals surface area (Å²) in [6.07, 6.45) is 6.51. The summed E-state index contributed by atoms with van der Waals surface area (Å²) in [4.78, 5) is 0. The Bertz CT molecular complexity index is 391. The van der Waals surface area contributed by atoms with Gasteiger partial charge in [0, 0.05) is 18.6 Å². The fourth-order valence-electron chi connectivity index (χ4n) is 3.67. The molecule has 1 unspecified atom stereocenters. The molecule has 19 heavy (non-hydrogen) atoms. The largest absolute Gasteiger partial charge is 0.392 e. The average Bonchev–Trinajstić information content (AvgIpc) is 2.40. The van der Waals surface area contributed by atoms with Crippen LogP contribution in [0.2, 0.25) is 0 Å². The molecule has 1 aromatic carbocycles. The van der Waals surface area contributed by atoms with Crippen LogP contribution < -0.4 is 0 Å². The third-order valence-corrected chi connectivity index (χ3v) is 5.13. The number of aliphatic hydroxyl groups is 1. The molecule has 2 nitrogen and oxygen atoms in total. The molecule has 1 saturated carbocycles. The second-order valence-corrected chi connectivity index (χ2v) is 6.18. The molecule has 3 rings (SSSR count). The predicted octanol–water partition coefficient (Wildman–Crippen LogP) is 3.29. The van der Waals surface area contributed by atoms with E-state index in [2.05, 4.69) is 30.3 Å². The Balaban J connectivity index is 1.71. The number of benzene rings is 1. The molecule has 1 aromatic rings. The van der Waals surface area contributed by atoms with Crippen LogP contribution in [0.1, 0.15) is 44.1 Å². The van der Waals surface area contributed by atoms with E-state index in [1.807, 2.05) is 0 Å². The van der Waals surface area contributed by atoms with Gasteiger partial charge in [-0.1, -0.05) is 36.8 Å². The lowest BCUT2D eigenvalue weighted by Gasteiger charge is -2.47. The second-order valence-electron chi connectivity index (χ2n) is 6.18. The molecular weight excluding hydrogens is 236 g/mol. The maximum Gasteiger partial charge on any atom is 0.0639 e. The molecule has 104 valence electrons. The SMILES string of the molecule is OC(CC1CCOCC1)C1(c2ccccc2)CCC1. The van der Waals surface area contributed by atoms with Gasteiger partial charge in [-0.15, -0.1) is 0 Å². The van der Waals surface area contributed by atoms with Gasteiger partial charge in [-0.2, -0.15) is 0 Å². The Morgan fingerprint density at radius 3 is 2.42 bits per heavy atom. The van der Waals surface area contributed by atoms with Crippen molar-refractivity contribution in [2.45, 2.75) is 50.0 Å². The molecule has 1 N–H and O–H groups in total. The van der Waals surface area contributed by atoms with E-state index in [0.29, 0.717) is 5.92 Å². The first-order valence-electron chi connectivity index (χ1n) is 7.63. The highest BCUT2D eigenvalue weighted by molar-refractivity contribution is 5.29. The minimum absolute atomic E-state index is 0.0412. The van der Waals surface area contributed by atoms with Crippen molar-refractivity contribution < 1.29 is 9.84 Å². The first-order chi connectivity index (χ1) is 9.31. The summed E-state index contributed by atoms with van der Waals surface area (Å²) in [6.45, 7) is 1.74. The van der Waals surface area contributed by atoms with Gasteiger partial charge in [0.1, 0.15) is 0 Å². The zero-order valence-electron chi connectivity index (χ0n) is 11.6. The van der Waals surface area contributed by atoms with Gasteiger partial charge < -0.3 is 9.84 Å². The Hall–Kier alpha value is -0.860. The highest BCUT2D eigenvalue weighted by Gasteiger charge is 2.45. The molecule has 1 saturated heterocycles. The molecule has 0 radical (unpaired) electrons. The van der Waals surface area contributed by atoms with E-state index < -0.39 is 0 Å². The van der Waals surface area contributed by atoms with Gasteiger partial charge in [-0.05, 0) is 43.6 Å². The van der Waals surface area contributed by atoms with Crippen LogP contribution in [0.15, 0.2) is 30.3 Å². The van der Waals surface area contributed by atoms with E-state index in [1.54, 1.807) is 0 Å². The molecule has 1 heterocycles. The Kier molecular flexibility index (Phi) is 3.90. The summed E-state index contributed by atoms with van der Waals surface area (Å²) in [5, 5.41) is 10.8. The fourth-order valence-corrected chi connectivity index (χ4v) is 3.67. The molecule has 2 aliphatic rings.